The van der Waals surface area contributed by atoms with Gasteiger partial charge in [-0.2, -0.15) is 0 Å². The summed E-state index contributed by atoms with van der Waals surface area (Å²) >= 11 is 0. The predicted molar refractivity (Wildman–Crippen MR) is 84.7 cm³/mol. The Kier molecular flexibility index (Phi) is 25.2. The number of hydrogen-bond acceptors (Lipinski definition) is 12. The normalized spacial score (nSPS) is 18.3. The molecule has 0 spiro atoms. The summed E-state index contributed by atoms with van der Waals surface area (Å²) in [6.07, 6.45) is -15.7. The van der Waals surface area contributed by atoms with Crippen molar-refractivity contribution in [2.45, 2.75) is 48.8 Å². The number of aliphatic hydroxyl groups excluding tert-OH is 10. The van der Waals surface area contributed by atoms with Crippen LogP contribution in [0.5, 0.6) is 0 Å². The van der Waals surface area contributed by atoms with Gasteiger partial charge in [0, 0.05) is 17.1 Å². The summed E-state index contributed by atoms with van der Waals surface area (Å²) in [6, 6.07) is 0. The standard InChI is InChI=1S/2C6H12O7.Fe.2H2O/c2*7-1-2(8)3(9)4(10)5(11)6(12)13;;;/h2*2-5,7-11H,1H2,(H,12,13);;2*1H2/t2*2-,3+,4+,5+;;;/m00.../s1. The predicted octanol–water partition coefficient (Wildman–Crippen LogP) is -8.64. The monoisotopic (exact) mass is 484 g/mol. The summed E-state index contributed by atoms with van der Waals surface area (Å²) in [7, 11) is 0. The van der Waals surface area contributed by atoms with Gasteiger partial charge in [0.05, 0.1) is 13.2 Å². The molecule has 0 heterocycles. The van der Waals surface area contributed by atoms with Crippen LogP contribution in [0.3, 0.4) is 0 Å². The maximum atomic E-state index is 10.1. The Morgan fingerprint density at radius 1 is 0.552 bits per heavy atom. The molecule has 0 aliphatic heterocycles. The molecule has 0 aromatic heterocycles. The molecule has 180 valence electrons. The minimum atomic E-state index is -2.20. The van der Waals surface area contributed by atoms with Crippen LogP contribution in [0.1, 0.15) is 0 Å². The Morgan fingerprint density at radius 2 is 0.759 bits per heavy atom. The van der Waals surface area contributed by atoms with Crippen LogP contribution in [0.2, 0.25) is 0 Å². The van der Waals surface area contributed by atoms with Crippen molar-refractivity contribution in [1.29, 1.82) is 0 Å². The third kappa shape index (κ3) is 13.8. The smallest absolute Gasteiger partial charge is 0.335 e. The Labute approximate surface area is 173 Å². The number of hydrogen-bond donors (Lipinski definition) is 12. The van der Waals surface area contributed by atoms with Gasteiger partial charge in [-0.1, -0.05) is 0 Å². The molecule has 0 aliphatic rings. The average Bonchev–Trinajstić information content (AvgIpc) is 2.62. The van der Waals surface area contributed by atoms with Gasteiger partial charge < -0.3 is 72.2 Å². The summed E-state index contributed by atoms with van der Waals surface area (Å²) in [5, 5.41) is 104. The molecule has 29 heavy (non-hydrogen) atoms. The van der Waals surface area contributed by atoms with E-state index in [4.69, 9.17) is 61.3 Å². The largest absolute Gasteiger partial charge is 0.479 e. The van der Waals surface area contributed by atoms with Crippen molar-refractivity contribution >= 4 is 11.9 Å². The molecule has 0 aliphatic carbocycles. The zero-order chi connectivity index (χ0) is 21.2. The van der Waals surface area contributed by atoms with E-state index in [0.29, 0.717) is 0 Å². The van der Waals surface area contributed by atoms with Crippen LogP contribution < -0.4 is 0 Å². The Morgan fingerprint density at radius 3 is 0.897 bits per heavy atom. The van der Waals surface area contributed by atoms with Crippen LogP contribution in [0.4, 0.5) is 0 Å². The number of aliphatic hydroxyl groups is 10. The topological polar surface area (TPSA) is 340 Å². The van der Waals surface area contributed by atoms with Gasteiger partial charge in [-0.3, -0.25) is 0 Å². The first-order chi connectivity index (χ1) is 11.8. The minimum absolute atomic E-state index is 0. The van der Waals surface area contributed by atoms with Crippen LogP contribution in [0.25, 0.3) is 0 Å². The molecule has 0 radical (unpaired) electrons. The molecular weight excluding hydrogens is 456 g/mol. The summed E-state index contributed by atoms with van der Waals surface area (Å²) in [6.45, 7) is -1.69. The molecule has 0 saturated heterocycles. The van der Waals surface area contributed by atoms with E-state index < -0.39 is 74.0 Å². The van der Waals surface area contributed by atoms with Crippen molar-refractivity contribution in [1.82, 2.24) is 0 Å². The van der Waals surface area contributed by atoms with Crippen LogP contribution in [-0.2, 0) is 26.7 Å². The number of rotatable bonds is 10. The Hall–Kier alpha value is -1.02. The quantitative estimate of drug-likeness (QED) is 0.128. The Balaban J connectivity index is -0.000000120. The van der Waals surface area contributed by atoms with E-state index in [-0.39, 0.29) is 28.0 Å². The van der Waals surface area contributed by atoms with Crippen molar-refractivity contribution in [2.75, 3.05) is 13.2 Å². The molecule has 0 saturated carbocycles. The van der Waals surface area contributed by atoms with Gasteiger partial charge in [0.2, 0.25) is 0 Å². The molecule has 0 fully saturated rings. The first-order valence-electron chi connectivity index (χ1n) is 6.95. The van der Waals surface area contributed by atoms with E-state index in [0.717, 1.165) is 0 Å². The number of carboxylic acids is 2. The van der Waals surface area contributed by atoms with Crippen LogP contribution >= 0.6 is 0 Å². The van der Waals surface area contributed by atoms with Crippen molar-refractivity contribution in [2.24, 2.45) is 0 Å². The molecule has 16 N–H and O–H groups in total. The van der Waals surface area contributed by atoms with Crippen molar-refractivity contribution in [3.63, 3.8) is 0 Å². The molecule has 17 heteroatoms. The molecule has 16 nitrogen and oxygen atoms in total. The molecule has 0 rings (SSSR count). The summed E-state index contributed by atoms with van der Waals surface area (Å²) in [5.41, 5.74) is 0. The molecule has 0 aromatic rings. The average molecular weight is 484 g/mol. The van der Waals surface area contributed by atoms with Gasteiger partial charge in [-0.25, -0.2) is 9.59 Å². The molecule has 0 unspecified atom stereocenters. The number of carbonyl (C=O) groups is 2. The molecule has 8 atom stereocenters. The Bertz CT molecular complexity index is 387. The van der Waals surface area contributed by atoms with Crippen molar-refractivity contribution in [3.8, 4) is 0 Å². The zero-order valence-electron chi connectivity index (χ0n) is 14.6. The van der Waals surface area contributed by atoms with E-state index in [9.17, 15) is 9.59 Å². The summed E-state index contributed by atoms with van der Waals surface area (Å²) < 4.78 is 0. The SMILES string of the molecule is O.O.O=C(O)[C@H](O)[C@H](O)[C@H](O)[C@@H](O)CO.O=C(O)[C@H](O)[C@H](O)[C@H](O)[C@@H](O)CO.[Fe]. The summed E-state index contributed by atoms with van der Waals surface area (Å²) in [5.74, 6) is -3.45. The minimum Gasteiger partial charge on any atom is -0.479 e. The van der Waals surface area contributed by atoms with E-state index in [1.807, 2.05) is 0 Å². The first-order valence-corrected chi connectivity index (χ1v) is 6.95. The van der Waals surface area contributed by atoms with Gasteiger partial charge in [-0.15, -0.1) is 0 Å². The second-order valence-electron chi connectivity index (χ2n) is 5.03. The second-order valence-corrected chi connectivity index (χ2v) is 5.03. The van der Waals surface area contributed by atoms with Gasteiger partial charge in [0.25, 0.3) is 0 Å². The van der Waals surface area contributed by atoms with E-state index in [1.54, 1.807) is 0 Å². The zero-order valence-corrected chi connectivity index (χ0v) is 15.7. The third-order valence-electron chi connectivity index (χ3n) is 3.02. The maximum absolute atomic E-state index is 10.1. The van der Waals surface area contributed by atoms with Crippen molar-refractivity contribution < 1.29 is 98.9 Å². The number of carboxylic acid groups (broad SMARTS) is 2. The molecule has 0 bridgehead atoms. The third-order valence-corrected chi connectivity index (χ3v) is 3.02. The van der Waals surface area contributed by atoms with Crippen LogP contribution in [-0.4, -0.2) is 146 Å². The number of aliphatic carboxylic acids is 2. The molecular formula is C12H28FeO16. The van der Waals surface area contributed by atoms with Gasteiger partial charge in [-0.05, 0) is 0 Å². The summed E-state index contributed by atoms with van der Waals surface area (Å²) in [4.78, 5) is 20.2. The fraction of sp³-hybridized carbons (Fsp3) is 0.833. The van der Waals surface area contributed by atoms with Crippen molar-refractivity contribution in [3.05, 3.63) is 0 Å². The van der Waals surface area contributed by atoms with Crippen LogP contribution in [0.15, 0.2) is 0 Å². The van der Waals surface area contributed by atoms with E-state index in [1.165, 1.54) is 0 Å². The van der Waals surface area contributed by atoms with Gasteiger partial charge in [0.1, 0.15) is 36.6 Å². The first kappa shape index (κ1) is 38.6. The maximum Gasteiger partial charge on any atom is 0.335 e. The van der Waals surface area contributed by atoms with E-state index in [2.05, 4.69) is 0 Å². The molecule has 0 amide bonds. The van der Waals surface area contributed by atoms with Gasteiger partial charge >= 0.3 is 11.9 Å². The fourth-order valence-corrected chi connectivity index (χ4v) is 1.34. The van der Waals surface area contributed by atoms with E-state index >= 15 is 0 Å². The van der Waals surface area contributed by atoms with Crippen LogP contribution in [0, 0.1) is 0 Å². The fourth-order valence-electron chi connectivity index (χ4n) is 1.34. The van der Waals surface area contributed by atoms with Gasteiger partial charge in [0.15, 0.2) is 12.2 Å². The molecule has 0 aromatic carbocycles. The second kappa shape index (κ2) is 19.0.